The third-order valence-electron chi connectivity index (χ3n) is 5.92. The Morgan fingerprint density at radius 1 is 0.818 bits per heavy atom. The van der Waals surface area contributed by atoms with Crippen LogP contribution in [0.4, 0.5) is 0 Å². The zero-order valence-electron chi connectivity index (χ0n) is 14.8. The second-order valence-corrected chi connectivity index (χ2v) is 7.73. The molecule has 0 unspecified atom stereocenters. The largest absolute Gasteiger partial charge is 0.462 e. The van der Waals surface area contributed by atoms with Gasteiger partial charge in [0.25, 0.3) is 0 Å². The molecular weight excluding hydrogens is 272 g/mol. The van der Waals surface area contributed by atoms with E-state index in [9.17, 15) is 4.79 Å². The number of esters is 1. The van der Waals surface area contributed by atoms with Crippen LogP contribution in [0.15, 0.2) is 0 Å². The third kappa shape index (κ3) is 5.59. The van der Waals surface area contributed by atoms with Crippen molar-refractivity contribution in [2.24, 2.45) is 17.8 Å². The molecule has 0 spiro atoms. The Bertz CT molecular complexity index is 310. The topological polar surface area (TPSA) is 26.3 Å². The van der Waals surface area contributed by atoms with Crippen molar-refractivity contribution in [2.75, 3.05) is 0 Å². The molecular formula is C20H36O2. The molecule has 0 radical (unpaired) electrons. The molecule has 2 aliphatic carbocycles. The Morgan fingerprint density at radius 2 is 1.41 bits per heavy atom. The predicted octanol–water partition coefficient (Wildman–Crippen LogP) is 5.89. The highest BCUT2D eigenvalue weighted by Gasteiger charge is 2.30. The van der Waals surface area contributed by atoms with Gasteiger partial charge in [-0.05, 0) is 63.2 Å². The van der Waals surface area contributed by atoms with Gasteiger partial charge in [-0.2, -0.15) is 0 Å². The van der Waals surface area contributed by atoms with E-state index >= 15 is 0 Å². The van der Waals surface area contributed by atoms with Gasteiger partial charge in [-0.1, -0.05) is 46.0 Å². The van der Waals surface area contributed by atoms with E-state index in [4.69, 9.17) is 4.74 Å². The molecule has 2 rings (SSSR count). The first-order valence-corrected chi connectivity index (χ1v) is 9.93. The normalized spacial score (nSPS) is 32.6. The lowest BCUT2D eigenvalue weighted by atomic mass is 9.79. The van der Waals surface area contributed by atoms with Crippen LogP contribution in [0.25, 0.3) is 0 Å². The van der Waals surface area contributed by atoms with Crippen LogP contribution >= 0.6 is 0 Å². The van der Waals surface area contributed by atoms with Crippen molar-refractivity contribution in [1.29, 1.82) is 0 Å². The third-order valence-corrected chi connectivity index (χ3v) is 5.92. The molecule has 0 aromatic rings. The van der Waals surface area contributed by atoms with E-state index < -0.39 is 0 Å². The number of carbonyl (C=O) groups is 1. The molecule has 22 heavy (non-hydrogen) atoms. The van der Waals surface area contributed by atoms with Gasteiger partial charge in [0.2, 0.25) is 0 Å². The molecule has 0 N–H and O–H groups in total. The molecule has 2 heteroatoms. The summed E-state index contributed by atoms with van der Waals surface area (Å²) in [6.45, 7) is 4.53. The second-order valence-electron chi connectivity index (χ2n) is 7.73. The first-order chi connectivity index (χ1) is 10.7. The summed E-state index contributed by atoms with van der Waals surface area (Å²) in [5.74, 6) is 2.07. The maximum absolute atomic E-state index is 12.4. The number of hydrogen-bond donors (Lipinski definition) is 0. The molecule has 0 bridgehead atoms. The Hall–Kier alpha value is -0.530. The minimum absolute atomic E-state index is 0.118. The number of rotatable bonds is 7. The van der Waals surface area contributed by atoms with Gasteiger partial charge in [-0.3, -0.25) is 4.79 Å². The Kier molecular flexibility index (Phi) is 7.75. The van der Waals surface area contributed by atoms with Crippen LogP contribution in [0.5, 0.6) is 0 Å². The van der Waals surface area contributed by atoms with Crippen molar-refractivity contribution < 1.29 is 9.53 Å². The average molecular weight is 309 g/mol. The van der Waals surface area contributed by atoms with E-state index in [1.54, 1.807) is 0 Å². The van der Waals surface area contributed by atoms with E-state index in [2.05, 4.69) is 13.8 Å². The molecule has 0 saturated heterocycles. The van der Waals surface area contributed by atoms with E-state index in [0.29, 0.717) is 0 Å². The maximum Gasteiger partial charge on any atom is 0.309 e. The van der Waals surface area contributed by atoms with Crippen LogP contribution in [-0.4, -0.2) is 12.1 Å². The standard InChI is InChI=1S/C20H36O2/c1-3-5-7-17-8-12-18(13-9-17)20(21)22-19-14-10-16(6-4-2)11-15-19/h16-19H,3-15H2,1-2H3. The molecule has 2 nitrogen and oxygen atoms in total. The summed E-state index contributed by atoms with van der Waals surface area (Å²) in [4.78, 5) is 12.4. The molecule has 0 atom stereocenters. The lowest BCUT2D eigenvalue weighted by molar-refractivity contribution is -0.157. The molecule has 128 valence electrons. The molecule has 2 saturated carbocycles. The van der Waals surface area contributed by atoms with Crippen LogP contribution in [0.1, 0.15) is 97.3 Å². The minimum atomic E-state index is 0.118. The average Bonchev–Trinajstić information content (AvgIpc) is 2.55. The van der Waals surface area contributed by atoms with Crippen molar-refractivity contribution >= 4 is 5.97 Å². The van der Waals surface area contributed by atoms with Crippen LogP contribution in [0, 0.1) is 17.8 Å². The van der Waals surface area contributed by atoms with Gasteiger partial charge in [0.1, 0.15) is 6.10 Å². The fourth-order valence-electron chi connectivity index (χ4n) is 4.39. The van der Waals surface area contributed by atoms with Crippen LogP contribution in [0.2, 0.25) is 0 Å². The summed E-state index contributed by atoms with van der Waals surface area (Å²) in [5.41, 5.74) is 0. The highest BCUT2D eigenvalue weighted by atomic mass is 16.5. The number of carbonyl (C=O) groups excluding carboxylic acids is 1. The van der Waals surface area contributed by atoms with Crippen molar-refractivity contribution in [2.45, 2.75) is 103 Å². The van der Waals surface area contributed by atoms with Gasteiger partial charge in [-0.25, -0.2) is 0 Å². The van der Waals surface area contributed by atoms with Crippen LogP contribution < -0.4 is 0 Å². The lowest BCUT2D eigenvalue weighted by Crippen LogP contribution is -2.30. The molecule has 0 heterocycles. The monoisotopic (exact) mass is 308 g/mol. The number of unbranched alkanes of at least 4 members (excludes halogenated alkanes) is 1. The van der Waals surface area contributed by atoms with Gasteiger partial charge in [0.15, 0.2) is 0 Å². The van der Waals surface area contributed by atoms with Crippen LogP contribution in [-0.2, 0) is 9.53 Å². The zero-order valence-corrected chi connectivity index (χ0v) is 14.8. The Balaban J connectivity index is 1.64. The molecule has 0 aliphatic heterocycles. The highest BCUT2D eigenvalue weighted by Crippen LogP contribution is 2.34. The molecule has 0 aromatic carbocycles. The van der Waals surface area contributed by atoms with Gasteiger partial charge in [0, 0.05) is 0 Å². The Labute approximate surface area is 137 Å². The number of hydrogen-bond acceptors (Lipinski definition) is 2. The Morgan fingerprint density at radius 3 is 2.00 bits per heavy atom. The fourth-order valence-corrected chi connectivity index (χ4v) is 4.39. The van der Waals surface area contributed by atoms with E-state index in [1.807, 2.05) is 0 Å². The fraction of sp³-hybridized carbons (Fsp3) is 0.950. The molecule has 0 aromatic heterocycles. The number of ether oxygens (including phenoxy) is 1. The van der Waals surface area contributed by atoms with E-state index in [-0.39, 0.29) is 18.0 Å². The smallest absolute Gasteiger partial charge is 0.309 e. The van der Waals surface area contributed by atoms with Gasteiger partial charge >= 0.3 is 5.97 Å². The minimum Gasteiger partial charge on any atom is -0.462 e. The quantitative estimate of drug-likeness (QED) is 0.548. The van der Waals surface area contributed by atoms with E-state index in [1.165, 1.54) is 57.8 Å². The summed E-state index contributed by atoms with van der Waals surface area (Å²) in [6, 6.07) is 0. The van der Waals surface area contributed by atoms with Crippen molar-refractivity contribution in [1.82, 2.24) is 0 Å². The summed E-state index contributed by atoms with van der Waals surface area (Å²) in [6.07, 6.45) is 16.2. The van der Waals surface area contributed by atoms with Crippen molar-refractivity contribution in [3.8, 4) is 0 Å². The predicted molar refractivity (Wildman–Crippen MR) is 91.7 cm³/mol. The molecule has 2 aliphatic rings. The van der Waals surface area contributed by atoms with Crippen molar-refractivity contribution in [3.63, 3.8) is 0 Å². The summed E-state index contributed by atoms with van der Waals surface area (Å²) in [5, 5.41) is 0. The van der Waals surface area contributed by atoms with Gasteiger partial charge < -0.3 is 4.74 Å². The SMILES string of the molecule is CCCCC1CCC(C(=O)OC2CCC(CCC)CC2)CC1. The molecule has 0 amide bonds. The van der Waals surface area contributed by atoms with Crippen molar-refractivity contribution in [3.05, 3.63) is 0 Å². The second kappa shape index (κ2) is 9.57. The highest BCUT2D eigenvalue weighted by molar-refractivity contribution is 5.72. The summed E-state index contributed by atoms with van der Waals surface area (Å²) in [7, 11) is 0. The summed E-state index contributed by atoms with van der Waals surface area (Å²) < 4.78 is 5.83. The zero-order chi connectivity index (χ0) is 15.8. The van der Waals surface area contributed by atoms with Gasteiger partial charge in [-0.15, -0.1) is 0 Å². The van der Waals surface area contributed by atoms with E-state index in [0.717, 1.165) is 37.5 Å². The first-order valence-electron chi connectivity index (χ1n) is 9.93. The summed E-state index contributed by atoms with van der Waals surface area (Å²) >= 11 is 0. The molecule has 2 fully saturated rings. The van der Waals surface area contributed by atoms with Gasteiger partial charge in [0.05, 0.1) is 5.92 Å². The lowest BCUT2D eigenvalue weighted by Gasteiger charge is -2.31. The van der Waals surface area contributed by atoms with Crippen LogP contribution in [0.3, 0.4) is 0 Å². The first kappa shape index (κ1) is 17.8. The maximum atomic E-state index is 12.4.